The van der Waals surface area contributed by atoms with Crippen LogP contribution in [0.5, 0.6) is 5.88 Å². The first-order valence-electron chi connectivity index (χ1n) is 9.72. The van der Waals surface area contributed by atoms with E-state index in [9.17, 15) is 23.7 Å². The number of carbonyl (C=O) groups excluding carboxylic acids is 1. The van der Waals surface area contributed by atoms with Crippen molar-refractivity contribution in [3.05, 3.63) is 61.2 Å². The maximum atomic E-state index is 12.5. The number of amides is 1. The second-order valence-corrected chi connectivity index (χ2v) is 8.34. The number of nitrogens with zero attached hydrogens (tertiary/aromatic N) is 3. The van der Waals surface area contributed by atoms with Crippen molar-refractivity contribution in [2.75, 3.05) is 38.4 Å². The van der Waals surface area contributed by atoms with Gasteiger partial charge in [-0.2, -0.15) is 4.98 Å². The molecule has 2 aromatic rings. The normalized spacial score (nSPS) is 10.1. The third-order valence-electron chi connectivity index (χ3n) is 3.90. The number of hydrogen-bond donors (Lipinski definition) is 2. The molecule has 0 spiro atoms. The molecule has 0 unspecified atom stereocenters. The maximum absolute atomic E-state index is 12.5. The lowest BCUT2D eigenvalue weighted by Crippen LogP contribution is -2.17. The molecule has 0 radical (unpaired) electrons. The van der Waals surface area contributed by atoms with E-state index in [0.29, 0.717) is 5.69 Å². The summed E-state index contributed by atoms with van der Waals surface area (Å²) in [4.78, 5) is 28.5. The molecular formula is C21H25BrClF2N5O4. The highest BCUT2D eigenvalue weighted by atomic mass is 79.9. The molecule has 0 aliphatic heterocycles. The molecule has 0 bridgehead atoms. The number of nitro groups is 1. The van der Waals surface area contributed by atoms with Crippen LogP contribution < -0.4 is 15.4 Å². The van der Waals surface area contributed by atoms with Crippen molar-refractivity contribution in [3.8, 4) is 5.88 Å². The minimum Gasteiger partial charge on any atom is -0.471 e. The molecule has 2 N–H and O–H groups in total. The van der Waals surface area contributed by atoms with Gasteiger partial charge in [-0.25, -0.2) is 8.78 Å². The van der Waals surface area contributed by atoms with Crippen molar-refractivity contribution in [3.63, 3.8) is 0 Å². The molecule has 0 aliphatic rings. The van der Waals surface area contributed by atoms with Gasteiger partial charge in [0, 0.05) is 37.4 Å². The Balaban J connectivity index is 0.000000620. The summed E-state index contributed by atoms with van der Waals surface area (Å²) in [7, 11) is 5.22. The first-order valence-corrected chi connectivity index (χ1v) is 10.9. The molecular weight excluding hydrogens is 540 g/mol. The highest BCUT2D eigenvalue weighted by Gasteiger charge is 2.25. The Morgan fingerprint density at radius 2 is 1.88 bits per heavy atom. The Morgan fingerprint density at radius 3 is 2.29 bits per heavy atom. The van der Waals surface area contributed by atoms with Crippen molar-refractivity contribution >= 4 is 50.6 Å². The molecule has 2 rings (SSSR count). The van der Waals surface area contributed by atoms with Gasteiger partial charge in [0.15, 0.2) is 6.61 Å². The summed E-state index contributed by atoms with van der Waals surface area (Å²) in [5.41, 5.74) is 0.729. The van der Waals surface area contributed by atoms with Crippen molar-refractivity contribution in [1.29, 1.82) is 0 Å². The van der Waals surface area contributed by atoms with E-state index >= 15 is 0 Å². The van der Waals surface area contributed by atoms with E-state index in [2.05, 4.69) is 31.5 Å². The standard InChI is InChI=1S/C15H13BrF2N4O4.C6H12ClN/c1-19-13-11(22(24)25)6-10(15(21-13)26-7-12(17)18)14(23)20-9-4-2-8(16)3-5-9;1-5(2)6(7)8(3)4/h2-6,12H,7H2,1H3,(H,19,21)(H,20,23);1-4H3. The molecule has 0 atom stereocenters. The zero-order chi connectivity index (χ0) is 26.0. The summed E-state index contributed by atoms with van der Waals surface area (Å²) < 4.78 is 30.5. The van der Waals surface area contributed by atoms with Gasteiger partial charge in [0.25, 0.3) is 12.3 Å². The molecule has 0 saturated heterocycles. The monoisotopic (exact) mass is 563 g/mol. The van der Waals surface area contributed by atoms with Crippen molar-refractivity contribution in [1.82, 2.24) is 9.88 Å². The van der Waals surface area contributed by atoms with Gasteiger partial charge >= 0.3 is 5.69 Å². The van der Waals surface area contributed by atoms with E-state index in [1.165, 1.54) is 7.05 Å². The number of pyridine rings is 1. The van der Waals surface area contributed by atoms with Crippen molar-refractivity contribution in [2.45, 2.75) is 20.3 Å². The van der Waals surface area contributed by atoms with E-state index in [4.69, 9.17) is 16.3 Å². The largest absolute Gasteiger partial charge is 0.471 e. The molecule has 0 saturated carbocycles. The number of benzene rings is 1. The summed E-state index contributed by atoms with van der Waals surface area (Å²) >= 11 is 9.00. The van der Waals surface area contributed by atoms with Gasteiger partial charge in [0.1, 0.15) is 10.7 Å². The van der Waals surface area contributed by atoms with Crippen LogP contribution in [0.25, 0.3) is 0 Å². The molecule has 1 amide bonds. The Hall–Kier alpha value is -2.99. The zero-order valence-corrected chi connectivity index (χ0v) is 21.5. The number of rotatable bonds is 8. The number of alkyl halides is 2. The number of allylic oxidation sites excluding steroid dienone is 1. The average molecular weight is 565 g/mol. The van der Waals surface area contributed by atoms with Crippen LogP contribution >= 0.6 is 27.5 Å². The summed E-state index contributed by atoms with van der Waals surface area (Å²) in [5, 5.41) is 17.0. The first kappa shape index (κ1) is 29.0. The lowest BCUT2D eigenvalue weighted by molar-refractivity contribution is -0.384. The molecule has 186 valence electrons. The van der Waals surface area contributed by atoms with E-state index in [0.717, 1.165) is 21.3 Å². The van der Waals surface area contributed by atoms with E-state index < -0.39 is 35.4 Å². The first-order chi connectivity index (χ1) is 15.9. The molecule has 1 aromatic carbocycles. The van der Waals surface area contributed by atoms with Gasteiger partial charge < -0.3 is 20.3 Å². The Labute approximate surface area is 209 Å². The summed E-state index contributed by atoms with van der Waals surface area (Å²) in [6.45, 7) is 2.97. The van der Waals surface area contributed by atoms with Crippen LogP contribution in [0.15, 0.2) is 45.5 Å². The number of ether oxygens (including phenoxy) is 1. The number of nitrogens with one attached hydrogen (secondary N) is 2. The van der Waals surface area contributed by atoms with Crippen LogP contribution in [-0.2, 0) is 0 Å². The average Bonchev–Trinajstić information content (AvgIpc) is 2.78. The molecule has 34 heavy (non-hydrogen) atoms. The molecule has 13 heteroatoms. The third kappa shape index (κ3) is 9.10. The Kier molecular flexibility index (Phi) is 11.7. The molecule has 0 fully saturated rings. The lowest BCUT2D eigenvalue weighted by atomic mass is 10.2. The van der Waals surface area contributed by atoms with Gasteiger partial charge in [-0.1, -0.05) is 27.5 Å². The van der Waals surface area contributed by atoms with Gasteiger partial charge in [-0.05, 0) is 43.7 Å². The minimum absolute atomic E-state index is 0.209. The predicted octanol–water partition coefficient (Wildman–Crippen LogP) is 5.73. The maximum Gasteiger partial charge on any atom is 0.312 e. The Morgan fingerprint density at radius 1 is 1.29 bits per heavy atom. The quantitative estimate of drug-likeness (QED) is 0.239. The van der Waals surface area contributed by atoms with Crippen molar-refractivity contribution in [2.24, 2.45) is 0 Å². The smallest absolute Gasteiger partial charge is 0.312 e. The second kappa shape index (κ2) is 13.7. The van der Waals surface area contributed by atoms with Crippen LogP contribution in [0.3, 0.4) is 0 Å². The predicted molar refractivity (Wildman–Crippen MR) is 132 cm³/mol. The number of hydrogen-bond acceptors (Lipinski definition) is 7. The third-order valence-corrected chi connectivity index (χ3v) is 5.14. The lowest BCUT2D eigenvalue weighted by Gasteiger charge is -2.12. The van der Waals surface area contributed by atoms with Crippen LogP contribution in [0, 0.1) is 10.1 Å². The van der Waals surface area contributed by atoms with Crippen LogP contribution in [0.4, 0.5) is 26.0 Å². The van der Waals surface area contributed by atoms with Crippen LogP contribution in [-0.4, -0.2) is 54.9 Å². The minimum atomic E-state index is -2.80. The van der Waals surface area contributed by atoms with Crippen LogP contribution in [0.2, 0.25) is 0 Å². The zero-order valence-electron chi connectivity index (χ0n) is 19.2. The van der Waals surface area contributed by atoms with Crippen molar-refractivity contribution < 1.29 is 23.2 Å². The summed E-state index contributed by atoms with van der Waals surface area (Å²) in [6.07, 6.45) is -2.80. The topological polar surface area (TPSA) is 110 Å². The molecule has 0 aliphatic carbocycles. The highest BCUT2D eigenvalue weighted by Crippen LogP contribution is 2.30. The number of aromatic nitrogens is 1. The Bertz CT molecular complexity index is 1030. The van der Waals surface area contributed by atoms with Gasteiger partial charge in [-0.15, -0.1) is 0 Å². The molecule has 9 nitrogen and oxygen atoms in total. The van der Waals surface area contributed by atoms with E-state index in [-0.39, 0.29) is 11.4 Å². The number of carbonyl (C=O) groups is 1. The number of halogens is 4. The fraction of sp³-hybridized carbons (Fsp3) is 0.333. The van der Waals surface area contributed by atoms with Gasteiger partial charge in [0.2, 0.25) is 11.7 Å². The summed E-state index contributed by atoms with van der Waals surface area (Å²) in [5.74, 6) is -1.43. The van der Waals surface area contributed by atoms with Crippen LogP contribution in [0.1, 0.15) is 24.2 Å². The fourth-order valence-electron chi connectivity index (χ4n) is 2.40. The SMILES string of the molecule is CC(C)=C(Cl)N(C)C.CNc1nc(OCC(F)F)c(C(=O)Nc2ccc(Br)cc2)cc1[N+](=O)[O-]. The van der Waals surface area contributed by atoms with E-state index in [1.807, 2.05) is 32.8 Å². The number of anilines is 2. The molecule has 1 heterocycles. The summed E-state index contributed by atoms with van der Waals surface area (Å²) in [6, 6.07) is 7.45. The highest BCUT2D eigenvalue weighted by molar-refractivity contribution is 9.10. The fourth-order valence-corrected chi connectivity index (χ4v) is 2.67. The van der Waals surface area contributed by atoms with E-state index in [1.54, 1.807) is 24.3 Å². The molecule has 1 aromatic heterocycles. The second-order valence-electron chi connectivity index (χ2n) is 7.06. The van der Waals surface area contributed by atoms with Gasteiger partial charge in [0.05, 0.1) is 4.92 Å². The van der Waals surface area contributed by atoms with Gasteiger partial charge in [-0.3, -0.25) is 14.9 Å².